The molecule has 0 bridgehead atoms. The molecular formula is C16H13ClO5. The van der Waals surface area contributed by atoms with Crippen LogP contribution in [-0.2, 0) is 5.88 Å². The van der Waals surface area contributed by atoms with Crippen LogP contribution in [0.5, 0.6) is 17.2 Å². The second-order valence-electron chi connectivity index (χ2n) is 4.42. The summed E-state index contributed by atoms with van der Waals surface area (Å²) in [5.41, 5.74) is 0.602. The van der Waals surface area contributed by atoms with E-state index in [0.717, 1.165) is 5.39 Å². The van der Waals surface area contributed by atoms with E-state index in [2.05, 4.69) is 0 Å². The molecule has 0 aliphatic rings. The Labute approximate surface area is 130 Å². The van der Waals surface area contributed by atoms with E-state index in [4.69, 9.17) is 26.2 Å². The lowest BCUT2D eigenvalue weighted by Gasteiger charge is -2.01. The number of benzene rings is 2. The topological polar surface area (TPSA) is 90.9 Å². The fourth-order valence-electron chi connectivity index (χ4n) is 1.82. The summed E-state index contributed by atoms with van der Waals surface area (Å²) in [7, 11) is 0. The Balaban J connectivity index is 0.000000188. The maximum absolute atomic E-state index is 11.1. The number of hydrogen-bond donors (Lipinski definition) is 3. The average molecular weight is 321 g/mol. The minimum atomic E-state index is -0.459. The van der Waals surface area contributed by atoms with Crippen LogP contribution in [0.1, 0.15) is 5.56 Å². The molecule has 0 saturated carbocycles. The summed E-state index contributed by atoms with van der Waals surface area (Å²) >= 11 is 5.67. The summed E-state index contributed by atoms with van der Waals surface area (Å²) in [5, 5.41) is 27.2. The Hall–Kier alpha value is -2.66. The average Bonchev–Trinajstić information content (AvgIpc) is 2.46. The summed E-state index contributed by atoms with van der Waals surface area (Å²) in [4.78, 5) is 11.1. The molecule has 0 fully saturated rings. The Kier molecular flexibility index (Phi) is 4.91. The van der Waals surface area contributed by atoms with Crippen LogP contribution in [0.25, 0.3) is 11.0 Å². The molecule has 0 aliphatic heterocycles. The van der Waals surface area contributed by atoms with Crippen LogP contribution < -0.4 is 5.63 Å². The number of rotatable bonds is 1. The molecule has 3 aromatic rings. The van der Waals surface area contributed by atoms with Gasteiger partial charge in [0.15, 0.2) is 0 Å². The Morgan fingerprint density at radius 1 is 0.909 bits per heavy atom. The standard InChI is InChI=1S/C10H7ClO3.C6H6O2/c11-5-6-3-10(13)14-9-4-7(12)1-2-8(6)9;7-5-2-1-3-6(8)4-5/h1-4,12H,5H2;1-4,7-8H. The number of aromatic hydroxyl groups is 3. The van der Waals surface area contributed by atoms with Crippen molar-refractivity contribution in [3.8, 4) is 17.2 Å². The summed E-state index contributed by atoms with van der Waals surface area (Å²) in [6.45, 7) is 0. The van der Waals surface area contributed by atoms with E-state index in [1.807, 2.05) is 0 Å². The van der Waals surface area contributed by atoms with Crippen LogP contribution in [0.3, 0.4) is 0 Å². The fraction of sp³-hybridized carbons (Fsp3) is 0.0625. The zero-order valence-corrected chi connectivity index (χ0v) is 12.1. The first-order valence-corrected chi connectivity index (χ1v) is 6.83. The third-order valence-corrected chi connectivity index (χ3v) is 3.08. The van der Waals surface area contributed by atoms with Gasteiger partial charge in [-0.15, -0.1) is 11.6 Å². The minimum absolute atomic E-state index is 0.0624. The second kappa shape index (κ2) is 6.87. The van der Waals surface area contributed by atoms with Crippen LogP contribution in [0.2, 0.25) is 0 Å². The summed E-state index contributed by atoms with van der Waals surface area (Å²) in [6, 6.07) is 11.8. The van der Waals surface area contributed by atoms with Crippen LogP contribution in [0, 0.1) is 0 Å². The summed E-state index contributed by atoms with van der Waals surface area (Å²) in [6.07, 6.45) is 0. The van der Waals surface area contributed by atoms with Gasteiger partial charge in [-0.05, 0) is 29.8 Å². The van der Waals surface area contributed by atoms with E-state index in [1.165, 1.54) is 36.4 Å². The van der Waals surface area contributed by atoms with Crippen LogP contribution in [0.4, 0.5) is 0 Å². The van der Waals surface area contributed by atoms with Gasteiger partial charge in [-0.25, -0.2) is 4.79 Å². The monoisotopic (exact) mass is 320 g/mol. The predicted octanol–water partition coefficient (Wildman–Crippen LogP) is 3.34. The molecule has 0 amide bonds. The van der Waals surface area contributed by atoms with Crippen molar-refractivity contribution in [1.82, 2.24) is 0 Å². The summed E-state index contributed by atoms with van der Waals surface area (Å²) < 4.78 is 4.91. The smallest absolute Gasteiger partial charge is 0.336 e. The van der Waals surface area contributed by atoms with Crippen molar-refractivity contribution in [2.24, 2.45) is 0 Å². The molecular weight excluding hydrogens is 308 g/mol. The van der Waals surface area contributed by atoms with Crippen LogP contribution >= 0.6 is 11.6 Å². The quantitative estimate of drug-likeness (QED) is 0.472. The maximum atomic E-state index is 11.1. The number of fused-ring (bicyclic) bond motifs is 1. The lowest BCUT2D eigenvalue weighted by molar-refractivity contribution is 0.450. The van der Waals surface area contributed by atoms with Gasteiger partial charge in [0.1, 0.15) is 22.8 Å². The van der Waals surface area contributed by atoms with Crippen molar-refractivity contribution in [1.29, 1.82) is 0 Å². The molecule has 3 N–H and O–H groups in total. The molecule has 1 heterocycles. The first-order valence-electron chi connectivity index (χ1n) is 6.29. The molecule has 1 aromatic heterocycles. The van der Waals surface area contributed by atoms with Crippen molar-refractivity contribution < 1.29 is 19.7 Å². The second-order valence-corrected chi connectivity index (χ2v) is 4.69. The van der Waals surface area contributed by atoms with Gasteiger partial charge >= 0.3 is 5.63 Å². The van der Waals surface area contributed by atoms with Gasteiger partial charge in [-0.1, -0.05) is 6.07 Å². The van der Waals surface area contributed by atoms with Gasteiger partial charge in [0.25, 0.3) is 0 Å². The molecule has 3 rings (SSSR count). The van der Waals surface area contributed by atoms with E-state index >= 15 is 0 Å². The molecule has 5 nitrogen and oxygen atoms in total. The molecule has 0 unspecified atom stereocenters. The summed E-state index contributed by atoms with van der Waals surface area (Å²) in [5.74, 6) is 0.481. The number of halogens is 1. The normalized spacial score (nSPS) is 10.0. The van der Waals surface area contributed by atoms with Gasteiger partial charge in [-0.2, -0.15) is 0 Å². The van der Waals surface area contributed by atoms with E-state index < -0.39 is 5.63 Å². The van der Waals surface area contributed by atoms with E-state index in [9.17, 15) is 9.90 Å². The van der Waals surface area contributed by atoms with Crippen molar-refractivity contribution in [2.45, 2.75) is 5.88 Å². The number of hydrogen-bond acceptors (Lipinski definition) is 5. The van der Waals surface area contributed by atoms with E-state index in [-0.39, 0.29) is 23.1 Å². The highest BCUT2D eigenvalue weighted by Gasteiger charge is 2.04. The van der Waals surface area contributed by atoms with Gasteiger partial charge in [0, 0.05) is 29.5 Å². The van der Waals surface area contributed by atoms with Crippen LogP contribution in [-0.4, -0.2) is 15.3 Å². The van der Waals surface area contributed by atoms with Gasteiger partial charge in [0.05, 0.1) is 0 Å². The lowest BCUT2D eigenvalue weighted by Crippen LogP contribution is -1.98. The third-order valence-electron chi connectivity index (χ3n) is 2.79. The SMILES string of the molecule is O=c1cc(CCl)c2ccc(O)cc2o1.Oc1cccc(O)c1. The molecule has 0 aliphatic carbocycles. The highest BCUT2D eigenvalue weighted by atomic mass is 35.5. The molecule has 0 atom stereocenters. The fourth-order valence-corrected chi connectivity index (χ4v) is 2.04. The van der Waals surface area contributed by atoms with E-state index in [0.29, 0.717) is 11.1 Å². The first-order chi connectivity index (χ1) is 10.5. The molecule has 0 saturated heterocycles. The maximum Gasteiger partial charge on any atom is 0.336 e. The van der Waals surface area contributed by atoms with Crippen molar-refractivity contribution in [3.05, 3.63) is 64.5 Å². The van der Waals surface area contributed by atoms with Crippen molar-refractivity contribution in [2.75, 3.05) is 0 Å². The van der Waals surface area contributed by atoms with Gasteiger partial charge in [-0.3, -0.25) is 0 Å². The Bertz CT molecular complexity index is 824. The Morgan fingerprint density at radius 2 is 1.55 bits per heavy atom. The molecule has 6 heteroatoms. The zero-order valence-electron chi connectivity index (χ0n) is 11.4. The lowest BCUT2D eigenvalue weighted by atomic mass is 10.1. The largest absolute Gasteiger partial charge is 0.508 e. The molecule has 2 aromatic carbocycles. The van der Waals surface area contributed by atoms with Crippen molar-refractivity contribution >= 4 is 22.6 Å². The minimum Gasteiger partial charge on any atom is -0.508 e. The van der Waals surface area contributed by atoms with Crippen LogP contribution in [0.15, 0.2) is 57.7 Å². The third kappa shape index (κ3) is 3.93. The Morgan fingerprint density at radius 3 is 2.09 bits per heavy atom. The van der Waals surface area contributed by atoms with Gasteiger partial charge in [0.2, 0.25) is 0 Å². The molecule has 0 spiro atoms. The highest BCUT2D eigenvalue weighted by molar-refractivity contribution is 6.17. The zero-order chi connectivity index (χ0) is 16.1. The van der Waals surface area contributed by atoms with Gasteiger partial charge < -0.3 is 19.7 Å². The molecule has 0 radical (unpaired) electrons. The predicted molar refractivity (Wildman–Crippen MR) is 83.5 cm³/mol. The number of phenols is 3. The first kappa shape index (κ1) is 15.7. The molecule has 22 heavy (non-hydrogen) atoms. The highest BCUT2D eigenvalue weighted by Crippen LogP contribution is 2.22. The number of alkyl halides is 1. The number of phenolic OH excluding ortho intramolecular Hbond substituents is 3. The van der Waals surface area contributed by atoms with E-state index in [1.54, 1.807) is 12.1 Å². The van der Waals surface area contributed by atoms with Crippen molar-refractivity contribution in [3.63, 3.8) is 0 Å². The molecule has 114 valence electrons.